The first kappa shape index (κ1) is 14.3. The second-order valence-electron chi connectivity index (χ2n) is 6.72. The molecule has 0 spiro atoms. The third-order valence-corrected chi connectivity index (χ3v) is 4.77. The van der Waals surface area contributed by atoms with Crippen LogP contribution >= 0.6 is 0 Å². The van der Waals surface area contributed by atoms with E-state index in [4.69, 9.17) is 4.98 Å². The van der Waals surface area contributed by atoms with E-state index in [0.717, 1.165) is 11.3 Å². The molecule has 1 fully saturated rings. The number of pyridine rings is 1. The zero-order valence-electron chi connectivity index (χ0n) is 13.9. The third kappa shape index (κ3) is 2.61. The minimum Gasteiger partial charge on any atom is -0.372 e. The molecule has 1 aromatic carbocycles. The Morgan fingerprint density at radius 1 is 1.00 bits per heavy atom. The van der Waals surface area contributed by atoms with Crippen LogP contribution in [-0.2, 0) is 0 Å². The molecule has 0 saturated carbocycles. The van der Waals surface area contributed by atoms with Crippen LogP contribution in [0.2, 0.25) is 0 Å². The largest absolute Gasteiger partial charge is 0.372 e. The maximum Gasteiger partial charge on any atom is 0.140 e. The van der Waals surface area contributed by atoms with Gasteiger partial charge in [-0.15, -0.1) is 0 Å². The van der Waals surface area contributed by atoms with E-state index in [2.05, 4.69) is 71.9 Å². The number of fused-ring (bicyclic) bond motifs is 1. The van der Waals surface area contributed by atoms with Gasteiger partial charge in [-0.25, -0.2) is 4.98 Å². The molecule has 0 atom stereocenters. The quantitative estimate of drug-likeness (QED) is 0.697. The fourth-order valence-electron chi connectivity index (χ4n) is 3.44. The van der Waals surface area contributed by atoms with Gasteiger partial charge in [-0.2, -0.15) is 0 Å². The first-order valence-electron chi connectivity index (χ1n) is 8.55. The monoisotopic (exact) mass is 305 g/mol. The van der Waals surface area contributed by atoms with Gasteiger partial charge in [-0.05, 0) is 42.5 Å². The Morgan fingerprint density at radius 2 is 1.74 bits per heavy atom. The van der Waals surface area contributed by atoms with Crippen molar-refractivity contribution in [2.24, 2.45) is 0 Å². The molecule has 2 aromatic heterocycles. The molecular weight excluding hydrogens is 282 g/mol. The van der Waals surface area contributed by atoms with Crippen LogP contribution < -0.4 is 4.90 Å². The van der Waals surface area contributed by atoms with Crippen LogP contribution in [0, 0.1) is 0 Å². The summed E-state index contributed by atoms with van der Waals surface area (Å²) in [4.78, 5) is 7.34. The number of benzene rings is 1. The van der Waals surface area contributed by atoms with Crippen LogP contribution in [0.5, 0.6) is 0 Å². The predicted molar refractivity (Wildman–Crippen MR) is 96.2 cm³/mol. The lowest BCUT2D eigenvalue weighted by molar-refractivity contribution is 0.863. The molecule has 0 radical (unpaired) electrons. The highest BCUT2D eigenvalue weighted by molar-refractivity contribution is 5.67. The van der Waals surface area contributed by atoms with Gasteiger partial charge in [0.15, 0.2) is 0 Å². The van der Waals surface area contributed by atoms with E-state index in [9.17, 15) is 0 Å². The van der Waals surface area contributed by atoms with Gasteiger partial charge in [0.05, 0.1) is 5.69 Å². The highest BCUT2D eigenvalue weighted by Gasteiger charge is 2.13. The Balaban J connectivity index is 1.70. The lowest BCUT2D eigenvalue weighted by Gasteiger charge is -2.17. The van der Waals surface area contributed by atoms with Crippen LogP contribution in [0.15, 0.2) is 48.8 Å². The Labute approximate surface area is 137 Å². The zero-order chi connectivity index (χ0) is 15.8. The van der Waals surface area contributed by atoms with Gasteiger partial charge in [-0.1, -0.05) is 32.0 Å². The van der Waals surface area contributed by atoms with Crippen molar-refractivity contribution in [3.63, 3.8) is 0 Å². The Hall–Kier alpha value is -2.29. The van der Waals surface area contributed by atoms with Gasteiger partial charge >= 0.3 is 0 Å². The zero-order valence-corrected chi connectivity index (χ0v) is 13.9. The third-order valence-electron chi connectivity index (χ3n) is 4.77. The molecule has 4 rings (SSSR count). The van der Waals surface area contributed by atoms with Gasteiger partial charge in [-0.3, -0.25) is 0 Å². The average molecular weight is 305 g/mol. The summed E-state index contributed by atoms with van der Waals surface area (Å²) in [6, 6.07) is 13.1. The lowest BCUT2D eigenvalue weighted by Crippen LogP contribution is -2.17. The van der Waals surface area contributed by atoms with Crippen molar-refractivity contribution >= 4 is 11.3 Å². The highest BCUT2D eigenvalue weighted by atomic mass is 15.1. The second-order valence-corrected chi connectivity index (χ2v) is 6.72. The van der Waals surface area contributed by atoms with Crippen LogP contribution in [0.3, 0.4) is 0 Å². The second kappa shape index (κ2) is 5.73. The van der Waals surface area contributed by atoms with Crippen molar-refractivity contribution in [1.82, 2.24) is 9.38 Å². The van der Waals surface area contributed by atoms with Crippen LogP contribution in [0.4, 0.5) is 5.69 Å². The molecule has 3 aromatic rings. The first-order valence-corrected chi connectivity index (χ1v) is 8.55. The number of rotatable bonds is 3. The highest BCUT2D eigenvalue weighted by Crippen LogP contribution is 2.27. The number of aromatic nitrogens is 2. The summed E-state index contributed by atoms with van der Waals surface area (Å²) < 4.78 is 2.14. The molecule has 0 unspecified atom stereocenters. The van der Waals surface area contributed by atoms with Crippen molar-refractivity contribution in [1.29, 1.82) is 0 Å². The molecule has 0 aliphatic carbocycles. The normalized spacial score (nSPS) is 15.0. The molecule has 118 valence electrons. The summed E-state index contributed by atoms with van der Waals surface area (Å²) in [5, 5.41) is 0. The molecule has 23 heavy (non-hydrogen) atoms. The first-order chi connectivity index (χ1) is 11.2. The van der Waals surface area contributed by atoms with Crippen LogP contribution in [0.25, 0.3) is 16.9 Å². The molecular formula is C20H23N3. The van der Waals surface area contributed by atoms with E-state index in [-0.39, 0.29) is 0 Å². The maximum atomic E-state index is 4.88. The number of hydrogen-bond donors (Lipinski definition) is 0. The van der Waals surface area contributed by atoms with E-state index >= 15 is 0 Å². The molecule has 0 amide bonds. The fourth-order valence-corrected chi connectivity index (χ4v) is 3.44. The smallest absolute Gasteiger partial charge is 0.140 e. The van der Waals surface area contributed by atoms with Crippen LogP contribution in [-0.4, -0.2) is 22.5 Å². The van der Waals surface area contributed by atoms with Crippen molar-refractivity contribution in [3.05, 3.63) is 54.4 Å². The topological polar surface area (TPSA) is 20.5 Å². The molecule has 3 heteroatoms. The Morgan fingerprint density at radius 3 is 2.43 bits per heavy atom. The lowest BCUT2D eigenvalue weighted by atomic mass is 10.1. The molecule has 1 aliphatic rings. The molecule has 1 saturated heterocycles. The van der Waals surface area contributed by atoms with Crippen molar-refractivity contribution in [3.8, 4) is 11.3 Å². The SMILES string of the molecule is CC(C)c1cccn2cc(-c3ccc(N4CCCC4)cc3)nc12. The van der Waals surface area contributed by atoms with E-state index in [0.29, 0.717) is 5.92 Å². The van der Waals surface area contributed by atoms with Gasteiger partial charge in [0.1, 0.15) is 5.65 Å². The van der Waals surface area contributed by atoms with E-state index in [1.54, 1.807) is 0 Å². The summed E-state index contributed by atoms with van der Waals surface area (Å²) in [7, 11) is 0. The van der Waals surface area contributed by atoms with Crippen molar-refractivity contribution in [2.75, 3.05) is 18.0 Å². The number of anilines is 1. The van der Waals surface area contributed by atoms with E-state index in [1.165, 1.54) is 42.7 Å². The van der Waals surface area contributed by atoms with Crippen LogP contribution in [0.1, 0.15) is 38.2 Å². The molecule has 3 nitrogen and oxygen atoms in total. The molecule has 1 aliphatic heterocycles. The van der Waals surface area contributed by atoms with Gasteiger partial charge in [0.2, 0.25) is 0 Å². The predicted octanol–water partition coefficient (Wildman–Crippen LogP) is 4.72. The minimum atomic E-state index is 0.478. The summed E-state index contributed by atoms with van der Waals surface area (Å²) in [5.74, 6) is 0.478. The van der Waals surface area contributed by atoms with Gasteiger partial charge in [0.25, 0.3) is 0 Å². The van der Waals surface area contributed by atoms with E-state index in [1.807, 2.05) is 0 Å². The summed E-state index contributed by atoms with van der Waals surface area (Å²) >= 11 is 0. The minimum absolute atomic E-state index is 0.478. The standard InChI is InChI=1S/C20H23N3/c1-15(2)18-6-5-13-23-14-19(21-20(18)23)16-7-9-17(10-8-16)22-11-3-4-12-22/h5-10,13-15H,3-4,11-12H2,1-2H3. The van der Waals surface area contributed by atoms with Gasteiger partial charge in [0, 0.05) is 36.7 Å². The van der Waals surface area contributed by atoms with Crippen molar-refractivity contribution in [2.45, 2.75) is 32.6 Å². The fraction of sp³-hybridized carbons (Fsp3) is 0.350. The molecule has 0 N–H and O–H groups in total. The Bertz CT molecular complexity index is 809. The summed E-state index contributed by atoms with van der Waals surface area (Å²) in [6.45, 7) is 6.81. The number of hydrogen-bond acceptors (Lipinski definition) is 2. The average Bonchev–Trinajstić information content (AvgIpc) is 3.24. The number of nitrogens with zero attached hydrogens (tertiary/aromatic N) is 3. The van der Waals surface area contributed by atoms with Gasteiger partial charge < -0.3 is 9.30 Å². The maximum absolute atomic E-state index is 4.88. The summed E-state index contributed by atoms with van der Waals surface area (Å²) in [5.41, 5.74) is 5.93. The molecule has 0 bridgehead atoms. The van der Waals surface area contributed by atoms with Crippen molar-refractivity contribution < 1.29 is 0 Å². The molecule has 3 heterocycles. The number of imidazole rings is 1. The Kier molecular flexibility index (Phi) is 3.56. The summed E-state index contributed by atoms with van der Waals surface area (Å²) in [6.07, 6.45) is 6.83. The van der Waals surface area contributed by atoms with E-state index < -0.39 is 0 Å².